The van der Waals surface area contributed by atoms with Gasteiger partial charge in [-0.3, -0.25) is 4.79 Å². The van der Waals surface area contributed by atoms with Crippen LogP contribution >= 0.6 is 11.3 Å². The number of para-hydroxylation sites is 1. The molecule has 2 heterocycles. The maximum absolute atomic E-state index is 12.2. The smallest absolute Gasteiger partial charge is 0.247 e. The third kappa shape index (κ3) is 4.87. The van der Waals surface area contributed by atoms with Gasteiger partial charge in [0, 0.05) is 24.0 Å². The second kappa shape index (κ2) is 9.27. The molecule has 2 aromatic heterocycles. The van der Waals surface area contributed by atoms with Crippen LogP contribution in [0.3, 0.4) is 0 Å². The number of aromatic nitrogens is 5. The summed E-state index contributed by atoms with van der Waals surface area (Å²) >= 11 is 1.55. The molecule has 0 aliphatic carbocycles. The Kier molecular flexibility index (Phi) is 6.09. The van der Waals surface area contributed by atoms with Gasteiger partial charge in [0.25, 0.3) is 0 Å². The lowest BCUT2D eigenvalue weighted by atomic mass is 10.2. The van der Waals surface area contributed by atoms with Crippen molar-refractivity contribution in [1.82, 2.24) is 30.5 Å². The summed E-state index contributed by atoms with van der Waals surface area (Å²) in [4.78, 5) is 16.8. The zero-order chi connectivity index (χ0) is 20.8. The molecule has 0 bridgehead atoms. The number of anilines is 1. The summed E-state index contributed by atoms with van der Waals surface area (Å²) in [6.07, 6.45) is 0.254. The predicted molar refractivity (Wildman–Crippen MR) is 117 cm³/mol. The highest BCUT2D eigenvalue weighted by Crippen LogP contribution is 2.24. The van der Waals surface area contributed by atoms with E-state index in [1.54, 1.807) is 16.0 Å². The standard InChI is InChI=1S/C21H21N7OS/c1-15-7-9-16(10-8-15)20-24-17(14-30-20)13-19(29)22-11-12-23-21-25-26-27-28(21)18-5-3-2-4-6-18/h2-10,14H,11-13H2,1H3,(H,22,29)(H,23,25,27). The van der Waals surface area contributed by atoms with Gasteiger partial charge in [0.1, 0.15) is 5.01 Å². The third-order valence-corrected chi connectivity index (χ3v) is 5.33. The molecule has 30 heavy (non-hydrogen) atoms. The lowest BCUT2D eigenvalue weighted by Gasteiger charge is -2.08. The van der Waals surface area contributed by atoms with Crippen LogP contribution in [0.1, 0.15) is 11.3 Å². The Morgan fingerprint density at radius 3 is 2.67 bits per heavy atom. The molecule has 0 saturated heterocycles. The number of hydrogen-bond acceptors (Lipinski definition) is 7. The van der Waals surface area contributed by atoms with Gasteiger partial charge in [0.05, 0.1) is 17.8 Å². The lowest BCUT2D eigenvalue weighted by molar-refractivity contribution is -0.120. The van der Waals surface area contributed by atoms with Gasteiger partial charge in [-0.1, -0.05) is 53.1 Å². The molecule has 2 N–H and O–H groups in total. The number of nitrogens with zero attached hydrogens (tertiary/aromatic N) is 5. The second-order valence-corrected chi connectivity index (χ2v) is 7.57. The van der Waals surface area contributed by atoms with E-state index >= 15 is 0 Å². The van der Waals surface area contributed by atoms with Crippen molar-refractivity contribution in [2.75, 3.05) is 18.4 Å². The van der Waals surface area contributed by atoms with Gasteiger partial charge in [0.15, 0.2) is 0 Å². The first-order valence-electron chi connectivity index (χ1n) is 9.55. The number of tetrazole rings is 1. The van der Waals surface area contributed by atoms with E-state index in [0.29, 0.717) is 19.0 Å². The van der Waals surface area contributed by atoms with Crippen LogP contribution in [0.4, 0.5) is 5.95 Å². The molecule has 2 aromatic carbocycles. The summed E-state index contributed by atoms with van der Waals surface area (Å²) in [5.41, 5.74) is 3.91. The number of amides is 1. The van der Waals surface area contributed by atoms with E-state index in [1.807, 2.05) is 47.8 Å². The first-order valence-corrected chi connectivity index (χ1v) is 10.4. The first kappa shape index (κ1) is 19.7. The van der Waals surface area contributed by atoms with E-state index in [-0.39, 0.29) is 12.3 Å². The first-order chi connectivity index (χ1) is 14.7. The van der Waals surface area contributed by atoms with Gasteiger partial charge in [-0.05, 0) is 29.5 Å². The second-order valence-electron chi connectivity index (χ2n) is 6.71. The monoisotopic (exact) mass is 419 g/mol. The summed E-state index contributed by atoms with van der Waals surface area (Å²) in [7, 11) is 0. The summed E-state index contributed by atoms with van der Waals surface area (Å²) < 4.78 is 1.61. The van der Waals surface area contributed by atoms with E-state index in [9.17, 15) is 4.79 Å². The van der Waals surface area contributed by atoms with E-state index in [0.717, 1.165) is 22.0 Å². The van der Waals surface area contributed by atoms with Gasteiger partial charge in [-0.25, -0.2) is 4.98 Å². The molecule has 9 heteroatoms. The average molecular weight is 420 g/mol. The molecular formula is C21H21N7OS. The van der Waals surface area contributed by atoms with Gasteiger partial charge in [-0.15, -0.1) is 11.3 Å². The summed E-state index contributed by atoms with van der Waals surface area (Å²) in [5.74, 6) is 0.456. The number of nitrogens with one attached hydrogen (secondary N) is 2. The molecule has 0 spiro atoms. The predicted octanol–water partition coefficient (Wildman–Crippen LogP) is 2.87. The number of hydrogen-bond donors (Lipinski definition) is 2. The van der Waals surface area contributed by atoms with Crippen LogP contribution in [0.5, 0.6) is 0 Å². The Labute approximate surface area is 178 Å². The normalized spacial score (nSPS) is 10.7. The molecule has 152 valence electrons. The highest BCUT2D eigenvalue weighted by molar-refractivity contribution is 7.13. The number of carbonyl (C=O) groups is 1. The molecule has 0 atom stereocenters. The van der Waals surface area contributed by atoms with Crippen molar-refractivity contribution in [2.45, 2.75) is 13.3 Å². The van der Waals surface area contributed by atoms with Crippen molar-refractivity contribution in [3.05, 3.63) is 71.2 Å². The molecule has 1 amide bonds. The fraction of sp³-hybridized carbons (Fsp3) is 0.190. The molecule has 8 nitrogen and oxygen atoms in total. The number of aryl methyl sites for hydroxylation is 1. The molecule has 0 aliphatic rings. The van der Waals surface area contributed by atoms with E-state index in [4.69, 9.17) is 0 Å². The molecule has 0 fully saturated rings. The zero-order valence-electron chi connectivity index (χ0n) is 16.4. The van der Waals surface area contributed by atoms with Crippen LogP contribution < -0.4 is 10.6 Å². The van der Waals surface area contributed by atoms with Crippen LogP contribution in [-0.4, -0.2) is 44.2 Å². The molecule has 0 aliphatic heterocycles. The molecule has 4 aromatic rings. The molecule has 0 radical (unpaired) electrons. The highest BCUT2D eigenvalue weighted by atomic mass is 32.1. The van der Waals surface area contributed by atoms with Crippen molar-refractivity contribution in [3.63, 3.8) is 0 Å². The topological polar surface area (TPSA) is 97.6 Å². The minimum absolute atomic E-state index is 0.0693. The summed E-state index contributed by atoms with van der Waals surface area (Å²) in [6, 6.07) is 17.8. The van der Waals surface area contributed by atoms with Gasteiger partial charge in [-0.2, -0.15) is 4.68 Å². The Hall–Kier alpha value is -3.59. The minimum atomic E-state index is -0.0693. The van der Waals surface area contributed by atoms with Crippen molar-refractivity contribution in [2.24, 2.45) is 0 Å². The van der Waals surface area contributed by atoms with Crippen molar-refractivity contribution < 1.29 is 4.79 Å². The number of benzene rings is 2. The fourth-order valence-corrected chi connectivity index (χ4v) is 3.69. The molecule has 0 saturated carbocycles. The Morgan fingerprint density at radius 2 is 1.87 bits per heavy atom. The van der Waals surface area contributed by atoms with Crippen molar-refractivity contribution in [1.29, 1.82) is 0 Å². The van der Waals surface area contributed by atoms with E-state index < -0.39 is 0 Å². The number of carbonyl (C=O) groups excluding carboxylic acids is 1. The quantitative estimate of drug-likeness (QED) is 0.426. The molecule has 4 rings (SSSR count). The Bertz CT molecular complexity index is 1110. The van der Waals surface area contributed by atoms with E-state index in [1.165, 1.54) is 5.56 Å². The van der Waals surface area contributed by atoms with Crippen LogP contribution in [0.15, 0.2) is 60.0 Å². The van der Waals surface area contributed by atoms with Gasteiger partial charge in [0.2, 0.25) is 11.9 Å². The van der Waals surface area contributed by atoms with Crippen LogP contribution in [0.25, 0.3) is 16.3 Å². The summed E-state index contributed by atoms with van der Waals surface area (Å²) in [5, 5.41) is 20.6. The Morgan fingerprint density at radius 1 is 1.07 bits per heavy atom. The maximum atomic E-state index is 12.2. The van der Waals surface area contributed by atoms with Gasteiger partial charge < -0.3 is 10.6 Å². The van der Waals surface area contributed by atoms with E-state index in [2.05, 4.69) is 50.2 Å². The highest BCUT2D eigenvalue weighted by Gasteiger charge is 2.10. The lowest BCUT2D eigenvalue weighted by Crippen LogP contribution is -2.30. The number of rotatable bonds is 8. The maximum Gasteiger partial charge on any atom is 0.247 e. The minimum Gasteiger partial charge on any atom is -0.354 e. The van der Waals surface area contributed by atoms with Crippen LogP contribution in [0.2, 0.25) is 0 Å². The average Bonchev–Trinajstić information content (AvgIpc) is 3.42. The zero-order valence-corrected chi connectivity index (χ0v) is 17.3. The Balaban J connectivity index is 1.25. The number of thiazole rings is 1. The van der Waals surface area contributed by atoms with Crippen molar-refractivity contribution >= 4 is 23.2 Å². The third-order valence-electron chi connectivity index (χ3n) is 4.39. The van der Waals surface area contributed by atoms with Gasteiger partial charge >= 0.3 is 0 Å². The largest absolute Gasteiger partial charge is 0.354 e. The fourth-order valence-electron chi connectivity index (χ4n) is 2.86. The SMILES string of the molecule is Cc1ccc(-c2nc(CC(=O)NCCNc3nnnn3-c3ccccc3)cs2)cc1. The summed E-state index contributed by atoms with van der Waals surface area (Å²) in [6.45, 7) is 3.01. The van der Waals surface area contributed by atoms with Crippen LogP contribution in [-0.2, 0) is 11.2 Å². The molecular weight excluding hydrogens is 398 g/mol. The molecule has 0 unspecified atom stereocenters. The van der Waals surface area contributed by atoms with Crippen molar-refractivity contribution in [3.8, 4) is 16.3 Å². The van der Waals surface area contributed by atoms with Crippen LogP contribution in [0, 0.1) is 6.92 Å².